The van der Waals surface area contributed by atoms with E-state index in [0.717, 1.165) is 11.6 Å². The summed E-state index contributed by atoms with van der Waals surface area (Å²) in [5.41, 5.74) is 0.488. The molecule has 0 radical (unpaired) electrons. The van der Waals surface area contributed by atoms with Crippen molar-refractivity contribution in [1.29, 1.82) is 0 Å². The predicted octanol–water partition coefficient (Wildman–Crippen LogP) is 3.66. The zero-order valence-corrected chi connectivity index (χ0v) is 13.2. The van der Waals surface area contributed by atoms with Gasteiger partial charge in [-0.3, -0.25) is 5.32 Å². The molecule has 0 aliphatic heterocycles. The molecule has 1 atom stereocenters. The molecule has 4 heteroatoms. The van der Waals surface area contributed by atoms with E-state index in [-0.39, 0.29) is 6.04 Å². The van der Waals surface area contributed by atoms with E-state index in [1.54, 1.807) is 6.26 Å². The second-order valence-electron chi connectivity index (χ2n) is 6.95. The Hall–Kier alpha value is -1.55. The number of imidazole rings is 1. The van der Waals surface area contributed by atoms with Gasteiger partial charge >= 0.3 is 0 Å². The normalized spacial score (nSPS) is 20.5. The topological polar surface area (TPSA) is 43.0 Å². The molecule has 2 heterocycles. The van der Waals surface area contributed by atoms with E-state index in [1.807, 2.05) is 31.6 Å². The van der Waals surface area contributed by atoms with Gasteiger partial charge in [0, 0.05) is 25.5 Å². The molecule has 1 unspecified atom stereocenters. The van der Waals surface area contributed by atoms with Gasteiger partial charge in [-0.1, -0.05) is 13.8 Å². The third kappa shape index (κ3) is 3.21. The van der Waals surface area contributed by atoms with Gasteiger partial charge in [0.1, 0.15) is 17.6 Å². The Kier molecular flexibility index (Phi) is 3.89. The number of aromatic nitrogens is 2. The lowest BCUT2D eigenvalue weighted by molar-refractivity contribution is 0.197. The van der Waals surface area contributed by atoms with E-state index in [2.05, 4.69) is 28.7 Å². The van der Waals surface area contributed by atoms with E-state index in [4.69, 9.17) is 4.42 Å². The van der Waals surface area contributed by atoms with Gasteiger partial charge in [0.25, 0.3) is 0 Å². The maximum Gasteiger partial charge on any atom is 0.133 e. The van der Waals surface area contributed by atoms with Crippen LogP contribution in [-0.4, -0.2) is 15.6 Å². The highest BCUT2D eigenvalue weighted by molar-refractivity contribution is 5.16. The lowest BCUT2D eigenvalue weighted by Crippen LogP contribution is -2.39. The van der Waals surface area contributed by atoms with Crippen molar-refractivity contribution < 1.29 is 4.42 Å². The molecule has 0 amide bonds. The number of nitrogens with zero attached hydrogens (tertiary/aromatic N) is 2. The standard InChI is InChI=1S/C17H25N3O/c1-17(2)8-6-13(7-9-17)19-15(14-5-4-12-21-14)16-18-10-11-20(16)3/h4-5,10-13,15,19H,6-9H2,1-3H3. The van der Waals surface area contributed by atoms with Crippen molar-refractivity contribution in [1.82, 2.24) is 14.9 Å². The van der Waals surface area contributed by atoms with Crippen molar-refractivity contribution in [2.45, 2.75) is 51.6 Å². The summed E-state index contributed by atoms with van der Waals surface area (Å²) in [7, 11) is 2.03. The molecule has 1 aliphatic rings. The van der Waals surface area contributed by atoms with E-state index in [9.17, 15) is 0 Å². The molecule has 114 valence electrons. The zero-order valence-electron chi connectivity index (χ0n) is 13.2. The largest absolute Gasteiger partial charge is 0.467 e. The van der Waals surface area contributed by atoms with Crippen molar-refractivity contribution in [3.8, 4) is 0 Å². The summed E-state index contributed by atoms with van der Waals surface area (Å²) in [6, 6.07) is 4.53. The summed E-state index contributed by atoms with van der Waals surface area (Å²) in [6.07, 6.45) is 10.5. The molecule has 1 fully saturated rings. The average Bonchev–Trinajstić information content (AvgIpc) is 3.09. The first-order valence-corrected chi connectivity index (χ1v) is 7.82. The predicted molar refractivity (Wildman–Crippen MR) is 82.9 cm³/mol. The third-order valence-electron chi connectivity index (χ3n) is 4.69. The minimum atomic E-state index is 0.0335. The molecular weight excluding hydrogens is 262 g/mol. The van der Waals surface area contributed by atoms with Crippen molar-refractivity contribution in [2.75, 3.05) is 0 Å². The summed E-state index contributed by atoms with van der Waals surface area (Å²) in [5.74, 6) is 1.95. The number of rotatable bonds is 4. The third-order valence-corrected chi connectivity index (χ3v) is 4.69. The Labute approximate surface area is 126 Å². The molecular formula is C17H25N3O. The van der Waals surface area contributed by atoms with Crippen LogP contribution < -0.4 is 5.32 Å². The van der Waals surface area contributed by atoms with Gasteiger partial charge in [-0.25, -0.2) is 4.98 Å². The van der Waals surface area contributed by atoms with Crippen molar-refractivity contribution in [2.24, 2.45) is 12.5 Å². The molecule has 2 aromatic heterocycles. The van der Waals surface area contributed by atoms with E-state index < -0.39 is 0 Å². The van der Waals surface area contributed by atoms with Gasteiger partial charge in [-0.2, -0.15) is 0 Å². The van der Waals surface area contributed by atoms with Crippen LogP contribution in [-0.2, 0) is 7.05 Å². The molecule has 0 spiro atoms. The molecule has 21 heavy (non-hydrogen) atoms. The second kappa shape index (κ2) is 5.68. The minimum Gasteiger partial charge on any atom is -0.467 e. The first-order valence-electron chi connectivity index (χ1n) is 7.82. The highest BCUT2D eigenvalue weighted by Crippen LogP contribution is 2.36. The maximum absolute atomic E-state index is 5.64. The smallest absolute Gasteiger partial charge is 0.133 e. The van der Waals surface area contributed by atoms with E-state index in [1.165, 1.54) is 25.7 Å². The SMILES string of the molecule is Cn1ccnc1C(NC1CCC(C)(C)CC1)c1ccco1. The molecule has 0 bridgehead atoms. The Morgan fingerprint density at radius 3 is 2.71 bits per heavy atom. The fourth-order valence-electron chi connectivity index (χ4n) is 3.20. The molecule has 1 saturated carbocycles. The number of hydrogen-bond acceptors (Lipinski definition) is 3. The Morgan fingerprint density at radius 1 is 1.38 bits per heavy atom. The highest BCUT2D eigenvalue weighted by atomic mass is 16.3. The Bertz CT molecular complexity index is 561. The van der Waals surface area contributed by atoms with Crippen LogP contribution in [0.15, 0.2) is 35.2 Å². The molecule has 0 aromatic carbocycles. The van der Waals surface area contributed by atoms with Gasteiger partial charge < -0.3 is 8.98 Å². The van der Waals surface area contributed by atoms with Crippen LogP contribution in [0.4, 0.5) is 0 Å². The molecule has 4 nitrogen and oxygen atoms in total. The van der Waals surface area contributed by atoms with Crippen LogP contribution >= 0.6 is 0 Å². The van der Waals surface area contributed by atoms with Crippen LogP contribution in [0.3, 0.4) is 0 Å². The number of furan rings is 1. The Balaban J connectivity index is 1.77. The molecule has 0 saturated heterocycles. The van der Waals surface area contributed by atoms with Crippen molar-refractivity contribution in [3.05, 3.63) is 42.4 Å². The average molecular weight is 287 g/mol. The summed E-state index contributed by atoms with van der Waals surface area (Å²) < 4.78 is 7.70. The van der Waals surface area contributed by atoms with E-state index >= 15 is 0 Å². The van der Waals surface area contributed by atoms with Gasteiger partial charge in [0.15, 0.2) is 0 Å². The summed E-state index contributed by atoms with van der Waals surface area (Å²) in [6.45, 7) is 4.73. The van der Waals surface area contributed by atoms with Crippen molar-refractivity contribution >= 4 is 0 Å². The quantitative estimate of drug-likeness (QED) is 0.933. The van der Waals surface area contributed by atoms with Crippen molar-refractivity contribution in [3.63, 3.8) is 0 Å². The summed E-state index contributed by atoms with van der Waals surface area (Å²) >= 11 is 0. The zero-order chi connectivity index (χ0) is 14.9. The first kappa shape index (κ1) is 14.4. The van der Waals surface area contributed by atoms with Crippen LogP contribution in [0.1, 0.15) is 57.2 Å². The van der Waals surface area contributed by atoms with Crippen LogP contribution in [0.5, 0.6) is 0 Å². The van der Waals surface area contributed by atoms with Gasteiger partial charge in [-0.15, -0.1) is 0 Å². The molecule has 2 aromatic rings. The molecule has 3 rings (SSSR count). The fourth-order valence-corrected chi connectivity index (χ4v) is 3.20. The van der Waals surface area contributed by atoms with Gasteiger partial charge in [-0.05, 0) is 43.2 Å². The summed E-state index contributed by atoms with van der Waals surface area (Å²) in [5, 5.41) is 3.76. The Morgan fingerprint density at radius 2 is 2.14 bits per heavy atom. The minimum absolute atomic E-state index is 0.0335. The number of aryl methyl sites for hydroxylation is 1. The number of nitrogens with one attached hydrogen (secondary N) is 1. The van der Waals surface area contributed by atoms with Crippen LogP contribution in [0.25, 0.3) is 0 Å². The first-order chi connectivity index (χ1) is 10.1. The lowest BCUT2D eigenvalue weighted by Gasteiger charge is -2.36. The van der Waals surface area contributed by atoms with Crippen LogP contribution in [0.2, 0.25) is 0 Å². The van der Waals surface area contributed by atoms with Crippen LogP contribution in [0, 0.1) is 5.41 Å². The summed E-state index contributed by atoms with van der Waals surface area (Å²) in [4.78, 5) is 4.51. The van der Waals surface area contributed by atoms with Gasteiger partial charge in [0.05, 0.1) is 6.26 Å². The lowest BCUT2D eigenvalue weighted by atomic mass is 9.75. The second-order valence-corrected chi connectivity index (χ2v) is 6.95. The van der Waals surface area contributed by atoms with E-state index in [0.29, 0.717) is 11.5 Å². The van der Waals surface area contributed by atoms with Gasteiger partial charge in [0.2, 0.25) is 0 Å². The number of hydrogen-bond donors (Lipinski definition) is 1. The molecule has 1 aliphatic carbocycles. The molecule has 1 N–H and O–H groups in total. The monoisotopic (exact) mass is 287 g/mol. The maximum atomic E-state index is 5.64. The highest BCUT2D eigenvalue weighted by Gasteiger charge is 2.30. The fraction of sp³-hybridized carbons (Fsp3) is 0.588.